The van der Waals surface area contributed by atoms with E-state index in [1.807, 2.05) is 0 Å². The first-order chi connectivity index (χ1) is 9.70. The molecule has 2 fully saturated rings. The Morgan fingerprint density at radius 3 is 2.95 bits per heavy atom. The zero-order chi connectivity index (χ0) is 13.9. The molecule has 0 bridgehead atoms. The first-order valence-corrected chi connectivity index (χ1v) is 6.23. The number of nitrogens with two attached hydrogens (primary N) is 1. The standard InChI is InChI=1S/C11H13N5O4/c12-9-5-10(14-2-13-9)16(3-15-5)11-8-7(19-8)6(20-11)4(18)1-17/h2-4,6-8,11,17-18H,1H2,(H2,12,13,14)/t4-,6-,7+,8+,11-/m1/s1. The van der Waals surface area contributed by atoms with Crippen molar-refractivity contribution in [2.45, 2.75) is 30.6 Å². The van der Waals surface area contributed by atoms with Gasteiger partial charge in [0.05, 0.1) is 12.9 Å². The van der Waals surface area contributed by atoms with Gasteiger partial charge in [0, 0.05) is 0 Å². The summed E-state index contributed by atoms with van der Waals surface area (Å²) in [7, 11) is 0. The Morgan fingerprint density at radius 2 is 2.15 bits per heavy atom. The molecule has 5 atom stereocenters. The van der Waals surface area contributed by atoms with Gasteiger partial charge in [0.2, 0.25) is 0 Å². The summed E-state index contributed by atoms with van der Waals surface area (Å²) in [5.41, 5.74) is 6.79. The van der Waals surface area contributed by atoms with Gasteiger partial charge >= 0.3 is 0 Å². The van der Waals surface area contributed by atoms with Crippen LogP contribution in [-0.4, -0.2) is 60.8 Å². The Labute approximate surface area is 113 Å². The van der Waals surface area contributed by atoms with Crippen LogP contribution in [0.3, 0.4) is 0 Å². The summed E-state index contributed by atoms with van der Waals surface area (Å²) in [6, 6.07) is 0. The van der Waals surface area contributed by atoms with E-state index in [0.717, 1.165) is 0 Å². The molecule has 2 saturated heterocycles. The van der Waals surface area contributed by atoms with Gasteiger partial charge in [0.15, 0.2) is 17.7 Å². The third-order valence-electron chi connectivity index (χ3n) is 3.69. The van der Waals surface area contributed by atoms with Crippen molar-refractivity contribution in [2.75, 3.05) is 12.3 Å². The number of aliphatic hydroxyl groups is 2. The van der Waals surface area contributed by atoms with E-state index >= 15 is 0 Å². The predicted octanol–water partition coefficient (Wildman–Crippen LogP) is -1.57. The zero-order valence-electron chi connectivity index (χ0n) is 10.3. The summed E-state index contributed by atoms with van der Waals surface area (Å²) in [6.45, 7) is -0.371. The van der Waals surface area contributed by atoms with Crippen molar-refractivity contribution in [2.24, 2.45) is 0 Å². The van der Waals surface area contributed by atoms with Crippen molar-refractivity contribution in [1.29, 1.82) is 0 Å². The minimum Gasteiger partial charge on any atom is -0.394 e. The lowest BCUT2D eigenvalue weighted by Crippen LogP contribution is -2.34. The monoisotopic (exact) mass is 279 g/mol. The number of hydrogen-bond acceptors (Lipinski definition) is 8. The van der Waals surface area contributed by atoms with Crippen LogP contribution in [0.15, 0.2) is 12.7 Å². The minimum atomic E-state index is -0.968. The van der Waals surface area contributed by atoms with Crippen molar-refractivity contribution < 1.29 is 19.7 Å². The molecule has 0 spiro atoms. The summed E-state index contributed by atoms with van der Waals surface area (Å²) in [4.78, 5) is 12.2. The summed E-state index contributed by atoms with van der Waals surface area (Å²) >= 11 is 0. The molecule has 4 heterocycles. The Bertz CT molecular complexity index is 661. The molecule has 4 rings (SSSR count). The van der Waals surface area contributed by atoms with Gasteiger partial charge in [-0.2, -0.15) is 0 Å². The molecule has 9 heteroatoms. The van der Waals surface area contributed by atoms with Gasteiger partial charge in [-0.15, -0.1) is 0 Å². The Kier molecular flexibility index (Phi) is 2.45. The smallest absolute Gasteiger partial charge is 0.167 e. The fraction of sp³-hybridized carbons (Fsp3) is 0.545. The van der Waals surface area contributed by atoms with E-state index in [9.17, 15) is 5.11 Å². The van der Waals surface area contributed by atoms with E-state index in [0.29, 0.717) is 17.0 Å². The minimum absolute atomic E-state index is 0.171. The Morgan fingerprint density at radius 1 is 1.30 bits per heavy atom. The van der Waals surface area contributed by atoms with Crippen LogP contribution in [0.5, 0.6) is 0 Å². The SMILES string of the molecule is Nc1ncnc2c1ncn2[C@@H]1O[C@H]([C@H](O)CO)[C@@H]2O[C@@H]21. The molecule has 2 aromatic heterocycles. The molecule has 4 N–H and O–H groups in total. The highest BCUT2D eigenvalue weighted by atomic mass is 16.7. The first kappa shape index (κ1) is 12.0. The summed E-state index contributed by atoms with van der Waals surface area (Å²) in [5.74, 6) is 0.298. The molecule has 0 radical (unpaired) electrons. The number of epoxide rings is 1. The second-order valence-corrected chi connectivity index (χ2v) is 4.89. The average molecular weight is 279 g/mol. The van der Waals surface area contributed by atoms with E-state index in [2.05, 4.69) is 15.0 Å². The van der Waals surface area contributed by atoms with Crippen molar-refractivity contribution in [3.63, 3.8) is 0 Å². The molecular weight excluding hydrogens is 266 g/mol. The number of anilines is 1. The van der Waals surface area contributed by atoms with Gasteiger partial charge in [0.1, 0.15) is 36.3 Å². The van der Waals surface area contributed by atoms with Crippen molar-refractivity contribution in [1.82, 2.24) is 19.5 Å². The second kappa shape index (κ2) is 4.09. The fourth-order valence-corrected chi connectivity index (χ4v) is 2.64. The largest absolute Gasteiger partial charge is 0.394 e. The molecule has 2 aromatic rings. The van der Waals surface area contributed by atoms with Crippen LogP contribution in [0.1, 0.15) is 6.23 Å². The third kappa shape index (κ3) is 1.54. The molecule has 0 unspecified atom stereocenters. The molecule has 0 saturated carbocycles. The van der Waals surface area contributed by atoms with Gasteiger partial charge in [-0.05, 0) is 0 Å². The molecule has 0 aromatic carbocycles. The van der Waals surface area contributed by atoms with Gasteiger partial charge in [-0.25, -0.2) is 15.0 Å². The maximum absolute atomic E-state index is 9.70. The molecule has 0 amide bonds. The van der Waals surface area contributed by atoms with Crippen LogP contribution in [-0.2, 0) is 9.47 Å². The highest BCUT2D eigenvalue weighted by Gasteiger charge is 2.60. The van der Waals surface area contributed by atoms with Gasteiger partial charge in [0.25, 0.3) is 0 Å². The molecule has 9 nitrogen and oxygen atoms in total. The molecule has 106 valence electrons. The number of nitrogens with zero attached hydrogens (tertiary/aromatic N) is 4. The number of fused-ring (bicyclic) bond motifs is 2. The maximum Gasteiger partial charge on any atom is 0.167 e. The van der Waals surface area contributed by atoms with Crippen molar-refractivity contribution in [3.8, 4) is 0 Å². The average Bonchev–Trinajstić information content (AvgIpc) is 2.96. The third-order valence-corrected chi connectivity index (χ3v) is 3.69. The van der Waals surface area contributed by atoms with E-state index in [-0.39, 0.29) is 18.8 Å². The molecule has 2 aliphatic rings. The van der Waals surface area contributed by atoms with Gasteiger partial charge < -0.3 is 25.4 Å². The normalized spacial score (nSPS) is 33.3. The van der Waals surface area contributed by atoms with Crippen LogP contribution in [0.4, 0.5) is 5.82 Å². The number of aliphatic hydroxyl groups excluding tert-OH is 2. The van der Waals surface area contributed by atoms with Crippen LogP contribution < -0.4 is 5.73 Å². The van der Waals surface area contributed by atoms with E-state index in [1.165, 1.54) is 6.33 Å². The Balaban J connectivity index is 1.70. The first-order valence-electron chi connectivity index (χ1n) is 6.23. The maximum atomic E-state index is 9.70. The molecule has 0 aliphatic carbocycles. The fourth-order valence-electron chi connectivity index (χ4n) is 2.64. The number of imidazole rings is 1. The van der Waals surface area contributed by atoms with Crippen molar-refractivity contribution in [3.05, 3.63) is 12.7 Å². The molecule has 2 aliphatic heterocycles. The summed E-state index contributed by atoms with van der Waals surface area (Å²) < 4.78 is 13.0. The summed E-state index contributed by atoms with van der Waals surface area (Å²) in [5, 5.41) is 18.7. The number of hydrogen-bond donors (Lipinski definition) is 3. The van der Waals surface area contributed by atoms with Gasteiger partial charge in [-0.1, -0.05) is 0 Å². The quantitative estimate of drug-likeness (QED) is 0.574. The number of nitrogen functional groups attached to an aromatic ring is 1. The number of ether oxygens (including phenoxy) is 2. The highest BCUT2D eigenvalue weighted by Crippen LogP contribution is 2.46. The van der Waals surface area contributed by atoms with Gasteiger partial charge in [-0.3, -0.25) is 4.57 Å². The van der Waals surface area contributed by atoms with E-state index in [4.69, 9.17) is 20.3 Å². The number of aromatic nitrogens is 4. The second-order valence-electron chi connectivity index (χ2n) is 4.89. The molecular formula is C11H13N5O4. The number of rotatable bonds is 3. The summed E-state index contributed by atoms with van der Waals surface area (Å²) in [6.07, 6.45) is 0.582. The highest BCUT2D eigenvalue weighted by molar-refractivity contribution is 5.81. The topological polar surface area (TPSA) is 132 Å². The van der Waals surface area contributed by atoms with Crippen LogP contribution in [0.2, 0.25) is 0 Å². The zero-order valence-corrected chi connectivity index (χ0v) is 10.3. The lowest BCUT2D eigenvalue weighted by Gasteiger charge is -2.21. The van der Waals surface area contributed by atoms with Crippen LogP contribution >= 0.6 is 0 Å². The van der Waals surface area contributed by atoms with Crippen LogP contribution in [0, 0.1) is 0 Å². The van der Waals surface area contributed by atoms with E-state index < -0.39 is 18.4 Å². The Hall–Kier alpha value is -1.81. The predicted molar refractivity (Wildman–Crippen MR) is 65.4 cm³/mol. The molecule has 20 heavy (non-hydrogen) atoms. The lowest BCUT2D eigenvalue weighted by molar-refractivity contribution is -0.120. The van der Waals surface area contributed by atoms with Crippen LogP contribution in [0.25, 0.3) is 11.2 Å². The lowest BCUT2D eigenvalue weighted by atomic mass is 10.1. The van der Waals surface area contributed by atoms with Crippen molar-refractivity contribution >= 4 is 17.0 Å². The van der Waals surface area contributed by atoms with E-state index in [1.54, 1.807) is 10.9 Å².